The van der Waals surface area contributed by atoms with Crippen LogP contribution in [0.2, 0.25) is 0 Å². The molecule has 1 unspecified atom stereocenters. The van der Waals surface area contributed by atoms with Gasteiger partial charge in [0.15, 0.2) is 11.6 Å². The van der Waals surface area contributed by atoms with Crippen molar-refractivity contribution in [3.63, 3.8) is 0 Å². The Bertz CT molecular complexity index is 421. The summed E-state index contributed by atoms with van der Waals surface area (Å²) < 4.78 is 26.0. The number of halogens is 2. The summed E-state index contributed by atoms with van der Waals surface area (Å²) in [5.41, 5.74) is -1.95. The van der Waals surface area contributed by atoms with Crippen molar-refractivity contribution >= 4 is 5.91 Å². The van der Waals surface area contributed by atoms with Crippen molar-refractivity contribution in [1.29, 1.82) is 0 Å². The van der Waals surface area contributed by atoms with E-state index in [1.54, 1.807) is 0 Å². The highest BCUT2D eigenvalue weighted by Gasteiger charge is 2.21. The van der Waals surface area contributed by atoms with Crippen LogP contribution in [-0.2, 0) is 0 Å². The summed E-state index contributed by atoms with van der Waals surface area (Å²) in [6, 6.07) is 3.23. The van der Waals surface area contributed by atoms with Gasteiger partial charge in [0.25, 0.3) is 5.91 Å². The molecule has 1 atom stereocenters. The van der Waals surface area contributed by atoms with Gasteiger partial charge in [-0.05, 0) is 19.1 Å². The number of benzene rings is 1. The number of hydrogen-bond acceptors (Lipinski definition) is 3. The van der Waals surface area contributed by atoms with Crippen LogP contribution in [0.15, 0.2) is 18.2 Å². The van der Waals surface area contributed by atoms with Crippen LogP contribution < -0.4 is 5.32 Å². The number of hydrogen-bond donors (Lipinski definition) is 3. The zero-order valence-electron chi connectivity index (χ0n) is 9.20. The second-order valence-corrected chi connectivity index (χ2v) is 3.94. The van der Waals surface area contributed by atoms with Crippen molar-refractivity contribution in [2.75, 3.05) is 13.2 Å². The lowest BCUT2D eigenvalue weighted by Crippen LogP contribution is -2.43. The van der Waals surface area contributed by atoms with Gasteiger partial charge in [-0.2, -0.15) is 0 Å². The van der Waals surface area contributed by atoms with E-state index in [0.717, 1.165) is 12.1 Å². The molecule has 94 valence electrons. The molecule has 0 saturated carbocycles. The first-order valence-corrected chi connectivity index (χ1v) is 4.93. The number of carbonyl (C=O) groups is 1. The van der Waals surface area contributed by atoms with Crippen molar-refractivity contribution in [2.24, 2.45) is 0 Å². The molecule has 3 N–H and O–H groups in total. The Morgan fingerprint density at radius 1 is 1.47 bits per heavy atom. The lowest BCUT2D eigenvalue weighted by atomic mass is 10.1. The normalized spacial score (nSPS) is 14.2. The van der Waals surface area contributed by atoms with E-state index in [1.165, 1.54) is 13.0 Å². The average Bonchev–Trinajstić information content (AvgIpc) is 2.30. The first-order chi connectivity index (χ1) is 7.87. The van der Waals surface area contributed by atoms with E-state index in [-0.39, 0.29) is 6.54 Å². The summed E-state index contributed by atoms with van der Waals surface area (Å²) in [6.07, 6.45) is 0. The molecule has 0 saturated heterocycles. The van der Waals surface area contributed by atoms with E-state index in [1.807, 2.05) is 0 Å². The van der Waals surface area contributed by atoms with Crippen molar-refractivity contribution in [3.8, 4) is 0 Å². The number of aliphatic hydroxyl groups is 2. The molecule has 0 aliphatic heterocycles. The summed E-state index contributed by atoms with van der Waals surface area (Å²) in [5.74, 6) is -3.21. The quantitative estimate of drug-likeness (QED) is 0.720. The van der Waals surface area contributed by atoms with E-state index in [2.05, 4.69) is 5.32 Å². The fourth-order valence-electron chi connectivity index (χ4n) is 1.10. The van der Waals surface area contributed by atoms with Gasteiger partial charge < -0.3 is 15.5 Å². The number of amides is 1. The van der Waals surface area contributed by atoms with Gasteiger partial charge in [0, 0.05) is 6.54 Å². The third kappa shape index (κ3) is 3.47. The summed E-state index contributed by atoms with van der Waals surface area (Å²) >= 11 is 0. The maximum atomic E-state index is 13.2. The second-order valence-electron chi connectivity index (χ2n) is 3.94. The Balaban J connectivity index is 2.74. The first-order valence-electron chi connectivity index (χ1n) is 4.93. The Labute approximate surface area is 96.9 Å². The highest BCUT2D eigenvalue weighted by atomic mass is 19.2. The van der Waals surface area contributed by atoms with Crippen LogP contribution in [0.1, 0.15) is 17.3 Å². The summed E-state index contributed by atoms with van der Waals surface area (Å²) in [4.78, 5) is 11.5. The van der Waals surface area contributed by atoms with Crippen LogP contribution in [0.5, 0.6) is 0 Å². The Hall–Kier alpha value is -1.53. The first kappa shape index (κ1) is 13.5. The lowest BCUT2D eigenvalue weighted by molar-refractivity contribution is 0.00316. The smallest absolute Gasteiger partial charge is 0.254 e. The van der Waals surface area contributed by atoms with Gasteiger partial charge in [-0.1, -0.05) is 6.07 Å². The van der Waals surface area contributed by atoms with Crippen LogP contribution in [0.3, 0.4) is 0 Å². The molecule has 0 spiro atoms. The van der Waals surface area contributed by atoms with Crippen LogP contribution in [0.4, 0.5) is 8.78 Å². The van der Waals surface area contributed by atoms with Crippen LogP contribution in [-0.4, -0.2) is 34.9 Å². The van der Waals surface area contributed by atoms with Gasteiger partial charge in [-0.25, -0.2) is 8.78 Å². The molecule has 1 amide bonds. The molecule has 6 heteroatoms. The molecule has 0 aliphatic carbocycles. The van der Waals surface area contributed by atoms with Gasteiger partial charge >= 0.3 is 0 Å². The molecule has 0 bridgehead atoms. The standard InChI is InChI=1S/C11H13F2NO3/c1-11(17,6-15)5-14-10(16)7-3-2-4-8(12)9(7)13/h2-4,15,17H,5-6H2,1H3,(H,14,16). The van der Waals surface area contributed by atoms with Gasteiger partial charge in [0.1, 0.15) is 5.60 Å². The molecule has 0 radical (unpaired) electrons. The third-order valence-corrected chi connectivity index (χ3v) is 2.17. The van der Waals surface area contributed by atoms with Gasteiger partial charge in [-0.15, -0.1) is 0 Å². The molecular formula is C11H13F2NO3. The van der Waals surface area contributed by atoms with Crippen LogP contribution in [0, 0.1) is 11.6 Å². The fourth-order valence-corrected chi connectivity index (χ4v) is 1.10. The molecule has 1 aromatic carbocycles. The molecular weight excluding hydrogens is 232 g/mol. The topological polar surface area (TPSA) is 69.6 Å². The molecule has 17 heavy (non-hydrogen) atoms. The number of rotatable bonds is 4. The van der Waals surface area contributed by atoms with Crippen LogP contribution in [0.25, 0.3) is 0 Å². The molecule has 0 aromatic heterocycles. The maximum Gasteiger partial charge on any atom is 0.254 e. The molecule has 0 heterocycles. The summed E-state index contributed by atoms with van der Waals surface area (Å²) in [6.45, 7) is 0.479. The zero-order valence-corrected chi connectivity index (χ0v) is 9.20. The van der Waals surface area contributed by atoms with Gasteiger partial charge in [0.05, 0.1) is 12.2 Å². The van der Waals surface area contributed by atoms with Gasteiger partial charge in [0.2, 0.25) is 0 Å². The van der Waals surface area contributed by atoms with E-state index < -0.39 is 35.3 Å². The maximum absolute atomic E-state index is 13.2. The summed E-state index contributed by atoms with van der Waals surface area (Å²) in [7, 11) is 0. The monoisotopic (exact) mass is 245 g/mol. The number of carbonyl (C=O) groups excluding carboxylic acids is 1. The highest BCUT2D eigenvalue weighted by molar-refractivity contribution is 5.94. The summed E-state index contributed by atoms with van der Waals surface area (Å²) in [5, 5.41) is 20.4. The Morgan fingerprint density at radius 3 is 2.71 bits per heavy atom. The second kappa shape index (κ2) is 5.20. The minimum Gasteiger partial charge on any atom is -0.393 e. The van der Waals surface area contributed by atoms with E-state index in [0.29, 0.717) is 0 Å². The Morgan fingerprint density at radius 2 is 2.12 bits per heavy atom. The third-order valence-electron chi connectivity index (χ3n) is 2.17. The molecule has 0 fully saturated rings. The fraction of sp³-hybridized carbons (Fsp3) is 0.364. The molecule has 1 rings (SSSR count). The van der Waals surface area contributed by atoms with Crippen molar-refractivity contribution in [1.82, 2.24) is 5.32 Å². The largest absolute Gasteiger partial charge is 0.393 e. The predicted octanol–water partition coefficient (Wildman–Crippen LogP) is 0.438. The van der Waals surface area contributed by atoms with E-state index >= 15 is 0 Å². The minimum atomic E-state index is -1.50. The number of aliphatic hydroxyl groups excluding tert-OH is 1. The van der Waals surface area contributed by atoms with Gasteiger partial charge in [-0.3, -0.25) is 4.79 Å². The number of nitrogens with one attached hydrogen (secondary N) is 1. The SMILES string of the molecule is CC(O)(CO)CNC(=O)c1cccc(F)c1F. The van der Waals surface area contributed by atoms with Crippen molar-refractivity contribution in [3.05, 3.63) is 35.4 Å². The minimum absolute atomic E-state index is 0.266. The zero-order chi connectivity index (χ0) is 13.1. The van der Waals surface area contributed by atoms with Crippen molar-refractivity contribution < 1.29 is 23.8 Å². The van der Waals surface area contributed by atoms with Crippen LogP contribution >= 0.6 is 0 Å². The van der Waals surface area contributed by atoms with Crippen molar-refractivity contribution in [2.45, 2.75) is 12.5 Å². The van der Waals surface area contributed by atoms with E-state index in [4.69, 9.17) is 5.11 Å². The molecule has 4 nitrogen and oxygen atoms in total. The molecule has 1 aromatic rings. The molecule has 0 aliphatic rings. The average molecular weight is 245 g/mol. The predicted molar refractivity (Wildman–Crippen MR) is 56.4 cm³/mol. The Kier molecular flexibility index (Phi) is 4.14. The lowest BCUT2D eigenvalue weighted by Gasteiger charge is -2.20. The van der Waals surface area contributed by atoms with E-state index in [9.17, 15) is 18.7 Å². The highest BCUT2D eigenvalue weighted by Crippen LogP contribution is 2.11.